The van der Waals surface area contributed by atoms with E-state index in [2.05, 4.69) is 0 Å². The van der Waals surface area contributed by atoms with Crippen LogP contribution in [0.4, 0.5) is 26.3 Å². The van der Waals surface area contributed by atoms with Gasteiger partial charge < -0.3 is 4.90 Å². The predicted octanol–water partition coefficient (Wildman–Crippen LogP) is 4.51. The van der Waals surface area contributed by atoms with E-state index in [1.807, 2.05) is 0 Å². The summed E-state index contributed by atoms with van der Waals surface area (Å²) in [4.78, 5) is 12.5. The number of benzene rings is 1. The Morgan fingerprint density at radius 3 is 2.18 bits per heavy atom. The molecular weight excluding hydrogens is 312 g/mol. The average Bonchev–Trinajstić information content (AvgIpc) is 2.40. The number of nitrogens with zero attached hydrogens (tertiary/aromatic N) is 1. The van der Waals surface area contributed by atoms with Gasteiger partial charge in [0, 0.05) is 6.54 Å². The van der Waals surface area contributed by atoms with Gasteiger partial charge in [0.2, 0.25) is 0 Å². The third-order valence-electron chi connectivity index (χ3n) is 2.90. The average molecular weight is 327 g/mol. The van der Waals surface area contributed by atoms with Crippen LogP contribution in [0.5, 0.6) is 0 Å². The van der Waals surface area contributed by atoms with Crippen molar-refractivity contribution < 1.29 is 31.1 Å². The maximum Gasteiger partial charge on any atom is 0.417 e. The van der Waals surface area contributed by atoms with Gasteiger partial charge in [-0.25, -0.2) is 0 Å². The zero-order valence-electron chi connectivity index (χ0n) is 11.8. The molecule has 8 heteroatoms. The third-order valence-corrected chi connectivity index (χ3v) is 2.90. The van der Waals surface area contributed by atoms with Crippen LogP contribution in [-0.2, 0) is 6.18 Å². The summed E-state index contributed by atoms with van der Waals surface area (Å²) < 4.78 is 76.2. The first-order chi connectivity index (χ1) is 10.1. The first-order valence-electron chi connectivity index (χ1n) is 6.58. The highest BCUT2D eigenvalue weighted by atomic mass is 19.4. The molecule has 0 bridgehead atoms. The van der Waals surface area contributed by atoms with E-state index in [-0.39, 0.29) is 13.0 Å². The number of hydrogen-bond acceptors (Lipinski definition) is 1. The molecule has 0 atom stereocenters. The fraction of sp³-hybridized carbons (Fsp3) is 0.500. The van der Waals surface area contributed by atoms with Gasteiger partial charge in [0.1, 0.15) is 6.54 Å². The van der Waals surface area contributed by atoms with Gasteiger partial charge in [-0.15, -0.1) is 0 Å². The fourth-order valence-corrected chi connectivity index (χ4v) is 1.90. The molecular formula is C14H15F6NO. The topological polar surface area (TPSA) is 20.3 Å². The summed E-state index contributed by atoms with van der Waals surface area (Å²) in [6.45, 7) is -0.112. The second-order valence-corrected chi connectivity index (χ2v) is 4.74. The maximum atomic E-state index is 12.9. The van der Waals surface area contributed by atoms with E-state index < -0.39 is 35.9 Å². The molecule has 0 N–H and O–H groups in total. The Hall–Kier alpha value is -1.73. The molecule has 1 aromatic rings. The van der Waals surface area contributed by atoms with Crippen molar-refractivity contribution in [2.24, 2.45) is 0 Å². The molecule has 0 aliphatic carbocycles. The van der Waals surface area contributed by atoms with E-state index in [9.17, 15) is 31.1 Å². The van der Waals surface area contributed by atoms with Crippen LogP contribution >= 0.6 is 0 Å². The van der Waals surface area contributed by atoms with Crippen molar-refractivity contribution in [2.45, 2.75) is 32.1 Å². The van der Waals surface area contributed by atoms with Gasteiger partial charge >= 0.3 is 12.4 Å². The fourth-order valence-electron chi connectivity index (χ4n) is 1.90. The Morgan fingerprint density at radius 2 is 1.68 bits per heavy atom. The highest BCUT2D eigenvalue weighted by Gasteiger charge is 2.38. The molecule has 0 saturated carbocycles. The highest BCUT2D eigenvalue weighted by Crippen LogP contribution is 2.32. The van der Waals surface area contributed by atoms with Gasteiger partial charge in [-0.1, -0.05) is 25.5 Å². The summed E-state index contributed by atoms with van der Waals surface area (Å²) in [6.07, 6.45) is -8.68. The second-order valence-electron chi connectivity index (χ2n) is 4.74. The van der Waals surface area contributed by atoms with Gasteiger partial charge in [0.15, 0.2) is 0 Å². The minimum atomic E-state index is -4.80. The zero-order valence-corrected chi connectivity index (χ0v) is 11.8. The van der Waals surface area contributed by atoms with Crippen LogP contribution in [0.15, 0.2) is 24.3 Å². The SMILES string of the molecule is CCCCN(CC(F)(F)F)C(=O)c1ccccc1C(F)(F)F. The van der Waals surface area contributed by atoms with E-state index in [4.69, 9.17) is 0 Å². The van der Waals surface area contributed by atoms with Gasteiger partial charge in [-0.3, -0.25) is 4.79 Å². The molecule has 0 aromatic heterocycles. The molecule has 124 valence electrons. The molecule has 0 saturated heterocycles. The molecule has 0 unspecified atom stereocenters. The standard InChI is InChI=1S/C14H15F6NO/c1-2-3-8-21(9-13(15,16)17)12(22)10-6-4-5-7-11(10)14(18,19)20/h4-7H,2-3,8-9H2,1H3. The predicted molar refractivity (Wildman–Crippen MR) is 68.3 cm³/mol. The van der Waals surface area contributed by atoms with Crippen molar-refractivity contribution in [3.63, 3.8) is 0 Å². The van der Waals surface area contributed by atoms with Gasteiger partial charge in [0.05, 0.1) is 11.1 Å². The van der Waals surface area contributed by atoms with E-state index in [1.54, 1.807) is 6.92 Å². The molecule has 2 nitrogen and oxygen atoms in total. The van der Waals surface area contributed by atoms with Crippen molar-refractivity contribution >= 4 is 5.91 Å². The van der Waals surface area contributed by atoms with Crippen LogP contribution < -0.4 is 0 Å². The summed E-state index contributed by atoms with van der Waals surface area (Å²) in [5.41, 5.74) is -2.00. The van der Waals surface area contributed by atoms with Crippen LogP contribution in [0.1, 0.15) is 35.7 Å². The molecule has 0 heterocycles. The highest BCUT2D eigenvalue weighted by molar-refractivity contribution is 5.96. The van der Waals surface area contributed by atoms with E-state index in [0.717, 1.165) is 12.1 Å². The number of hydrogen-bond donors (Lipinski definition) is 0. The molecule has 0 fully saturated rings. The monoisotopic (exact) mass is 327 g/mol. The summed E-state index contributed by atoms with van der Waals surface area (Å²) >= 11 is 0. The lowest BCUT2D eigenvalue weighted by Crippen LogP contribution is -2.40. The van der Waals surface area contributed by atoms with Gasteiger partial charge in [-0.2, -0.15) is 26.3 Å². The summed E-state index contributed by atoms with van der Waals surface area (Å²) in [7, 11) is 0. The molecule has 0 aliphatic heterocycles. The van der Waals surface area contributed by atoms with Gasteiger partial charge in [0.25, 0.3) is 5.91 Å². The molecule has 22 heavy (non-hydrogen) atoms. The van der Waals surface area contributed by atoms with Crippen LogP contribution in [0, 0.1) is 0 Å². The van der Waals surface area contributed by atoms with Crippen LogP contribution in [0.2, 0.25) is 0 Å². The smallest absolute Gasteiger partial charge is 0.330 e. The Labute approximate surface area is 123 Å². The van der Waals surface area contributed by atoms with Crippen LogP contribution in [0.25, 0.3) is 0 Å². The zero-order chi connectivity index (χ0) is 17.0. The first-order valence-corrected chi connectivity index (χ1v) is 6.58. The lowest BCUT2D eigenvalue weighted by atomic mass is 10.1. The molecule has 0 aliphatic rings. The lowest BCUT2D eigenvalue weighted by Gasteiger charge is -2.25. The molecule has 1 amide bonds. The van der Waals surface area contributed by atoms with Crippen molar-refractivity contribution in [3.05, 3.63) is 35.4 Å². The number of alkyl halides is 6. The molecule has 1 aromatic carbocycles. The van der Waals surface area contributed by atoms with E-state index >= 15 is 0 Å². The van der Waals surface area contributed by atoms with Crippen molar-refractivity contribution in [2.75, 3.05) is 13.1 Å². The summed E-state index contributed by atoms with van der Waals surface area (Å²) in [5.74, 6) is -1.27. The minimum absolute atomic E-state index is 0.249. The third kappa shape index (κ3) is 5.23. The number of amides is 1. The summed E-state index contributed by atoms with van der Waals surface area (Å²) in [5, 5.41) is 0. The van der Waals surface area contributed by atoms with Crippen LogP contribution in [0.3, 0.4) is 0 Å². The maximum absolute atomic E-state index is 12.9. The lowest BCUT2D eigenvalue weighted by molar-refractivity contribution is -0.141. The van der Waals surface area contributed by atoms with Crippen molar-refractivity contribution in [3.8, 4) is 0 Å². The molecule has 1 rings (SSSR count). The van der Waals surface area contributed by atoms with Crippen molar-refractivity contribution in [1.29, 1.82) is 0 Å². The first kappa shape index (κ1) is 18.3. The number of rotatable bonds is 5. The Bertz CT molecular complexity index is 509. The van der Waals surface area contributed by atoms with E-state index in [1.165, 1.54) is 6.07 Å². The Kier molecular flexibility index (Phi) is 5.85. The Morgan fingerprint density at radius 1 is 1.09 bits per heavy atom. The number of carbonyl (C=O) groups excluding carboxylic acids is 1. The second kappa shape index (κ2) is 7.02. The summed E-state index contributed by atoms with van der Waals surface area (Å²) in [6, 6.07) is 3.84. The number of halogens is 6. The van der Waals surface area contributed by atoms with Crippen molar-refractivity contribution in [1.82, 2.24) is 4.90 Å². The minimum Gasteiger partial charge on any atom is -0.330 e. The Balaban J connectivity index is 3.14. The van der Waals surface area contributed by atoms with Crippen LogP contribution in [-0.4, -0.2) is 30.1 Å². The molecule has 0 radical (unpaired) electrons. The molecule has 0 spiro atoms. The number of unbranched alkanes of at least 4 members (excludes halogenated alkanes) is 1. The van der Waals surface area contributed by atoms with Gasteiger partial charge in [-0.05, 0) is 18.6 Å². The normalized spacial score (nSPS) is 12.3. The largest absolute Gasteiger partial charge is 0.417 e. The quantitative estimate of drug-likeness (QED) is 0.729. The number of carbonyl (C=O) groups is 1. The van der Waals surface area contributed by atoms with E-state index in [0.29, 0.717) is 17.4 Å².